The monoisotopic (exact) mass is 353 g/mol. The molecule has 0 unspecified atom stereocenters. The minimum atomic E-state index is -0.0843. The highest BCUT2D eigenvalue weighted by Crippen LogP contribution is 2.21. The molecule has 2 aromatic heterocycles. The first kappa shape index (κ1) is 17.1. The quantitative estimate of drug-likeness (QED) is 0.624. The van der Waals surface area contributed by atoms with Crippen molar-refractivity contribution in [3.05, 3.63) is 64.9 Å². The van der Waals surface area contributed by atoms with E-state index >= 15 is 0 Å². The zero-order chi connectivity index (χ0) is 17.6. The van der Waals surface area contributed by atoms with E-state index in [9.17, 15) is 4.79 Å². The minimum absolute atomic E-state index is 0.0843. The molecule has 0 fully saturated rings. The van der Waals surface area contributed by atoms with Gasteiger partial charge in [-0.1, -0.05) is 41.1 Å². The second-order valence-electron chi connectivity index (χ2n) is 5.59. The number of rotatable bonds is 6. The van der Waals surface area contributed by atoms with Crippen LogP contribution in [0.5, 0.6) is 0 Å². The Balaban J connectivity index is 1.65. The van der Waals surface area contributed by atoms with Crippen molar-refractivity contribution < 1.29 is 9.32 Å². The van der Waals surface area contributed by atoms with Crippen LogP contribution in [-0.4, -0.2) is 27.5 Å². The summed E-state index contributed by atoms with van der Waals surface area (Å²) in [4.78, 5) is 19.4. The molecule has 3 aromatic rings. The smallest absolute Gasteiger partial charge is 0.247 e. The summed E-state index contributed by atoms with van der Waals surface area (Å²) in [7, 11) is 0. The molecule has 3 rings (SSSR count). The topological polar surface area (TPSA) is 59.2 Å². The second-order valence-corrected chi connectivity index (χ2v) is 6.53. The Hall–Kier alpha value is -2.73. The molecule has 0 saturated carbocycles. The van der Waals surface area contributed by atoms with Gasteiger partial charge in [0, 0.05) is 12.6 Å². The molecule has 0 saturated heterocycles. The van der Waals surface area contributed by atoms with Crippen LogP contribution in [0.3, 0.4) is 0 Å². The van der Waals surface area contributed by atoms with E-state index in [1.165, 1.54) is 5.56 Å². The van der Waals surface area contributed by atoms with Crippen LogP contribution in [0.4, 0.5) is 0 Å². The molecule has 0 bridgehead atoms. The van der Waals surface area contributed by atoms with Gasteiger partial charge in [-0.15, -0.1) is 11.3 Å². The number of hydrogen-bond acceptors (Lipinski definition) is 5. The lowest BCUT2D eigenvalue weighted by atomic mass is 10.1. The molecule has 25 heavy (non-hydrogen) atoms. The van der Waals surface area contributed by atoms with Crippen LogP contribution >= 0.6 is 11.3 Å². The number of amides is 1. The number of thiophene rings is 1. The molecule has 6 heteroatoms. The molecule has 0 aliphatic carbocycles. The molecule has 0 spiro atoms. The fourth-order valence-electron chi connectivity index (χ4n) is 2.28. The van der Waals surface area contributed by atoms with Gasteiger partial charge in [0.05, 0.1) is 4.88 Å². The van der Waals surface area contributed by atoms with Gasteiger partial charge >= 0.3 is 0 Å². The van der Waals surface area contributed by atoms with Crippen LogP contribution in [0.15, 0.2) is 52.4 Å². The third-order valence-electron chi connectivity index (χ3n) is 3.72. The molecule has 2 heterocycles. The first-order valence-corrected chi connectivity index (χ1v) is 8.94. The Labute approximate surface area is 150 Å². The summed E-state index contributed by atoms with van der Waals surface area (Å²) in [6.45, 7) is 4.82. The number of carbonyl (C=O) groups excluding carboxylic acids is 1. The molecule has 0 atom stereocenters. The molecular weight excluding hydrogens is 334 g/mol. The van der Waals surface area contributed by atoms with E-state index in [4.69, 9.17) is 4.52 Å². The van der Waals surface area contributed by atoms with E-state index < -0.39 is 0 Å². The van der Waals surface area contributed by atoms with Gasteiger partial charge in [-0.3, -0.25) is 4.79 Å². The van der Waals surface area contributed by atoms with Crippen molar-refractivity contribution in [2.45, 2.75) is 20.4 Å². The van der Waals surface area contributed by atoms with E-state index in [-0.39, 0.29) is 5.91 Å². The highest BCUT2D eigenvalue weighted by atomic mass is 32.1. The molecule has 1 amide bonds. The SMILES string of the molecule is CCN(Cc1nc(-c2cccs2)no1)C(=O)/C=C/c1ccc(C)cc1. The van der Waals surface area contributed by atoms with Crippen molar-refractivity contribution in [1.82, 2.24) is 15.0 Å². The first-order chi connectivity index (χ1) is 12.2. The number of nitrogens with zero attached hydrogens (tertiary/aromatic N) is 3. The van der Waals surface area contributed by atoms with Crippen LogP contribution in [0.2, 0.25) is 0 Å². The van der Waals surface area contributed by atoms with Crippen LogP contribution in [-0.2, 0) is 11.3 Å². The van der Waals surface area contributed by atoms with Crippen molar-refractivity contribution in [2.24, 2.45) is 0 Å². The van der Waals surface area contributed by atoms with Crippen LogP contribution in [0.1, 0.15) is 23.9 Å². The predicted octanol–water partition coefficient (Wildman–Crippen LogP) is 4.17. The maximum atomic E-state index is 12.4. The maximum Gasteiger partial charge on any atom is 0.247 e. The molecule has 0 radical (unpaired) electrons. The normalized spacial score (nSPS) is 11.1. The third-order valence-corrected chi connectivity index (χ3v) is 4.59. The lowest BCUT2D eigenvalue weighted by Crippen LogP contribution is -2.28. The highest BCUT2D eigenvalue weighted by Gasteiger charge is 2.15. The van der Waals surface area contributed by atoms with Crippen LogP contribution < -0.4 is 0 Å². The summed E-state index contributed by atoms with van der Waals surface area (Å²) in [6.07, 6.45) is 3.39. The van der Waals surface area contributed by atoms with Gasteiger partial charge < -0.3 is 9.42 Å². The number of aromatic nitrogens is 2. The lowest BCUT2D eigenvalue weighted by Gasteiger charge is -2.16. The zero-order valence-electron chi connectivity index (χ0n) is 14.2. The Morgan fingerprint density at radius 2 is 2.08 bits per heavy atom. The van der Waals surface area contributed by atoms with Gasteiger partial charge in [-0.25, -0.2) is 0 Å². The molecule has 0 aliphatic rings. The maximum absolute atomic E-state index is 12.4. The summed E-state index contributed by atoms with van der Waals surface area (Å²) in [6, 6.07) is 11.9. The fourth-order valence-corrected chi connectivity index (χ4v) is 2.93. The van der Waals surface area contributed by atoms with Gasteiger partial charge in [0.25, 0.3) is 0 Å². The third kappa shape index (κ3) is 4.42. The van der Waals surface area contributed by atoms with E-state index in [0.717, 1.165) is 10.4 Å². The van der Waals surface area contributed by atoms with Gasteiger partial charge in [-0.05, 0) is 36.9 Å². The number of hydrogen-bond donors (Lipinski definition) is 0. The number of benzene rings is 1. The first-order valence-electron chi connectivity index (χ1n) is 8.06. The summed E-state index contributed by atoms with van der Waals surface area (Å²) < 4.78 is 5.27. The number of carbonyl (C=O) groups is 1. The summed E-state index contributed by atoms with van der Waals surface area (Å²) in [5, 5.41) is 5.94. The lowest BCUT2D eigenvalue weighted by molar-refractivity contribution is -0.126. The number of likely N-dealkylation sites (N-methyl/N-ethyl adjacent to an activating group) is 1. The van der Waals surface area contributed by atoms with Crippen molar-refractivity contribution in [1.29, 1.82) is 0 Å². The van der Waals surface area contributed by atoms with E-state index in [1.807, 2.05) is 61.7 Å². The Kier molecular flexibility index (Phi) is 5.40. The molecule has 0 N–H and O–H groups in total. The van der Waals surface area contributed by atoms with Crippen LogP contribution in [0, 0.1) is 6.92 Å². The van der Waals surface area contributed by atoms with Crippen molar-refractivity contribution in [2.75, 3.05) is 6.54 Å². The number of aryl methyl sites for hydroxylation is 1. The highest BCUT2D eigenvalue weighted by molar-refractivity contribution is 7.13. The summed E-state index contributed by atoms with van der Waals surface area (Å²) in [5.41, 5.74) is 2.18. The molecule has 5 nitrogen and oxygen atoms in total. The van der Waals surface area contributed by atoms with E-state index in [0.29, 0.717) is 24.8 Å². The van der Waals surface area contributed by atoms with Gasteiger partial charge in [0.1, 0.15) is 6.54 Å². The van der Waals surface area contributed by atoms with Crippen molar-refractivity contribution >= 4 is 23.3 Å². The van der Waals surface area contributed by atoms with Crippen molar-refractivity contribution in [3.63, 3.8) is 0 Å². The predicted molar refractivity (Wildman–Crippen MR) is 98.9 cm³/mol. The molecule has 1 aromatic carbocycles. The Morgan fingerprint density at radius 3 is 2.76 bits per heavy atom. The second kappa shape index (κ2) is 7.90. The fraction of sp³-hybridized carbons (Fsp3) is 0.211. The van der Waals surface area contributed by atoms with Gasteiger partial charge in [-0.2, -0.15) is 4.98 Å². The Bertz CT molecular complexity index is 851. The average molecular weight is 353 g/mol. The summed E-state index contributed by atoms with van der Waals surface area (Å²) >= 11 is 1.55. The Morgan fingerprint density at radius 1 is 1.28 bits per heavy atom. The van der Waals surface area contributed by atoms with Crippen LogP contribution in [0.25, 0.3) is 16.8 Å². The summed E-state index contributed by atoms with van der Waals surface area (Å²) in [5.74, 6) is 0.907. The van der Waals surface area contributed by atoms with Gasteiger partial charge in [0.15, 0.2) is 0 Å². The molecule has 0 aliphatic heterocycles. The standard InChI is InChI=1S/C19H19N3O2S/c1-3-22(18(23)11-10-15-8-6-14(2)7-9-15)13-17-20-19(21-24-17)16-5-4-12-25-16/h4-12H,3,13H2,1-2H3/b11-10+. The zero-order valence-corrected chi connectivity index (χ0v) is 15.0. The largest absolute Gasteiger partial charge is 0.337 e. The van der Waals surface area contributed by atoms with Gasteiger partial charge in [0.2, 0.25) is 17.6 Å². The van der Waals surface area contributed by atoms with Crippen molar-refractivity contribution in [3.8, 4) is 10.7 Å². The molecular formula is C19H19N3O2S. The minimum Gasteiger partial charge on any atom is -0.337 e. The average Bonchev–Trinajstić information content (AvgIpc) is 3.30. The molecule has 128 valence electrons. The van der Waals surface area contributed by atoms with E-state index in [1.54, 1.807) is 22.3 Å². The van der Waals surface area contributed by atoms with E-state index in [2.05, 4.69) is 10.1 Å².